The number of benzene rings is 3. The van der Waals surface area contributed by atoms with Gasteiger partial charge in [0.2, 0.25) is 0 Å². The first-order valence-electron chi connectivity index (χ1n) is 12.6. The van der Waals surface area contributed by atoms with Crippen LogP contribution in [0, 0.1) is 38.0 Å². The second kappa shape index (κ2) is 8.90. The molecule has 0 heterocycles. The maximum atomic E-state index is 11.1. The molecule has 4 fully saturated rings. The predicted molar refractivity (Wildman–Crippen MR) is 136 cm³/mol. The summed E-state index contributed by atoms with van der Waals surface area (Å²) < 4.78 is 12.2. The normalized spacial score (nSPS) is 25.2. The summed E-state index contributed by atoms with van der Waals surface area (Å²) in [4.78, 5) is 20.8. The van der Waals surface area contributed by atoms with Gasteiger partial charge in [-0.1, -0.05) is 0 Å². The molecule has 0 unspecified atom stereocenters. The van der Waals surface area contributed by atoms with Crippen molar-refractivity contribution in [1.29, 1.82) is 0 Å². The first-order valence-corrected chi connectivity index (χ1v) is 12.6. The van der Waals surface area contributed by atoms with Gasteiger partial charge in [0, 0.05) is 29.8 Å². The Morgan fingerprint density at radius 2 is 1.13 bits per heavy atom. The zero-order valence-electron chi connectivity index (χ0n) is 20.4. The van der Waals surface area contributed by atoms with E-state index < -0.39 is 32.7 Å². The molecule has 4 bridgehead atoms. The molecular weight excluding hydrogens is 492 g/mol. The van der Waals surface area contributed by atoms with Crippen molar-refractivity contribution < 1.29 is 29.5 Å². The summed E-state index contributed by atoms with van der Waals surface area (Å²) in [7, 11) is 0. The highest BCUT2D eigenvalue weighted by Crippen LogP contribution is 2.62. The molecule has 7 rings (SSSR count). The Bertz CT molecular complexity index is 1420. The maximum absolute atomic E-state index is 11.1. The van der Waals surface area contributed by atoms with Crippen LogP contribution in [-0.2, 0) is 5.41 Å². The van der Waals surface area contributed by atoms with E-state index in [1.54, 1.807) is 12.1 Å². The molecule has 2 N–H and O–H groups in total. The predicted octanol–water partition coefficient (Wildman–Crippen LogP) is 6.97. The van der Waals surface area contributed by atoms with Crippen molar-refractivity contribution in [1.82, 2.24) is 0 Å². The number of nitrogens with zero attached hydrogens (tertiary/aromatic N) is 2. The third kappa shape index (κ3) is 4.25. The largest absolute Gasteiger partial charge is 0.502 e. The lowest BCUT2D eigenvalue weighted by molar-refractivity contribution is -0.386. The van der Waals surface area contributed by atoms with Gasteiger partial charge in [0.15, 0.2) is 11.5 Å². The van der Waals surface area contributed by atoms with Crippen molar-refractivity contribution >= 4 is 11.4 Å². The average Bonchev–Trinajstić information content (AvgIpc) is 2.84. The van der Waals surface area contributed by atoms with Crippen molar-refractivity contribution in [2.24, 2.45) is 17.8 Å². The van der Waals surface area contributed by atoms with Gasteiger partial charge in [0.25, 0.3) is 0 Å². The number of nitro benzene ring substituents is 2. The van der Waals surface area contributed by atoms with Gasteiger partial charge in [-0.25, -0.2) is 0 Å². The number of phenols is 2. The Kier molecular flexibility index (Phi) is 5.62. The molecule has 0 spiro atoms. The molecule has 4 aliphatic rings. The van der Waals surface area contributed by atoms with Crippen LogP contribution in [0.2, 0.25) is 0 Å². The third-order valence-electron chi connectivity index (χ3n) is 8.31. The van der Waals surface area contributed by atoms with Crippen LogP contribution in [0.1, 0.15) is 44.1 Å². The highest BCUT2D eigenvalue weighted by atomic mass is 16.6. The molecule has 38 heavy (non-hydrogen) atoms. The Balaban J connectivity index is 1.37. The van der Waals surface area contributed by atoms with Gasteiger partial charge < -0.3 is 19.7 Å². The van der Waals surface area contributed by atoms with E-state index in [1.807, 2.05) is 6.07 Å². The van der Waals surface area contributed by atoms with Crippen molar-refractivity contribution in [2.75, 3.05) is 0 Å². The molecule has 0 amide bonds. The van der Waals surface area contributed by atoms with Crippen molar-refractivity contribution in [3.05, 3.63) is 80.4 Å². The molecule has 0 radical (unpaired) electrons. The van der Waals surface area contributed by atoms with Crippen LogP contribution in [-0.4, -0.2) is 20.1 Å². The molecular formula is C28H26N2O8. The molecule has 0 saturated heterocycles. The van der Waals surface area contributed by atoms with E-state index in [0.29, 0.717) is 29.3 Å². The molecule has 3 aromatic carbocycles. The lowest BCUT2D eigenvalue weighted by atomic mass is 9.48. The molecule has 0 atom stereocenters. The minimum atomic E-state index is -0.660. The Labute approximate surface area is 217 Å². The number of nitro groups is 2. The van der Waals surface area contributed by atoms with E-state index in [9.17, 15) is 30.4 Å². The summed E-state index contributed by atoms with van der Waals surface area (Å²) in [5.41, 5.74) is 0.0951. The smallest absolute Gasteiger partial charge is 0.310 e. The summed E-state index contributed by atoms with van der Waals surface area (Å²) in [6, 6.07) is 13.2. The average molecular weight is 519 g/mol. The SMILES string of the molecule is O=[N+]([O-])c1ccc(Oc2ccc(Oc3ccc([N+](=O)[O-])c(O)c3)c(C34CC5CC(CC(C5)C3)C4)c2)cc1O. The summed E-state index contributed by atoms with van der Waals surface area (Å²) in [5.74, 6) is 2.68. The fourth-order valence-electron chi connectivity index (χ4n) is 7.22. The number of aromatic hydroxyl groups is 2. The molecule has 0 aliphatic heterocycles. The van der Waals surface area contributed by atoms with Gasteiger partial charge in [-0.2, -0.15) is 0 Å². The Hall–Kier alpha value is -4.34. The van der Waals surface area contributed by atoms with Gasteiger partial charge in [0.1, 0.15) is 23.0 Å². The fourth-order valence-corrected chi connectivity index (χ4v) is 7.22. The Morgan fingerprint density at radius 3 is 1.61 bits per heavy atom. The zero-order chi connectivity index (χ0) is 26.6. The van der Waals surface area contributed by atoms with E-state index in [-0.39, 0.29) is 16.9 Å². The van der Waals surface area contributed by atoms with Crippen LogP contribution in [0.4, 0.5) is 11.4 Å². The molecule has 10 heteroatoms. The third-order valence-corrected chi connectivity index (χ3v) is 8.31. The number of hydrogen-bond acceptors (Lipinski definition) is 8. The monoisotopic (exact) mass is 518 g/mol. The topological polar surface area (TPSA) is 145 Å². The van der Waals surface area contributed by atoms with Gasteiger partial charge in [-0.05, 0) is 92.0 Å². The van der Waals surface area contributed by atoms with Gasteiger partial charge in [0.05, 0.1) is 9.85 Å². The first-order chi connectivity index (χ1) is 18.2. The summed E-state index contributed by atoms with van der Waals surface area (Å²) >= 11 is 0. The van der Waals surface area contributed by atoms with Crippen molar-refractivity contribution in [3.8, 4) is 34.5 Å². The highest BCUT2D eigenvalue weighted by molar-refractivity contribution is 5.54. The van der Waals surface area contributed by atoms with Crippen LogP contribution < -0.4 is 9.47 Å². The molecule has 196 valence electrons. The molecule has 4 saturated carbocycles. The fraction of sp³-hybridized carbons (Fsp3) is 0.357. The standard InChI is InChI=1S/C28H26N2O8/c31-25-11-20(1-4-23(25)29(33)34)37-19-3-6-27(38-21-2-5-24(30(35)36)26(32)12-21)22(10-19)28-13-16-7-17(14-28)9-18(8-16)15-28/h1-6,10-12,16-18,31-32H,7-9,13-15H2. The number of rotatable bonds is 7. The zero-order valence-corrected chi connectivity index (χ0v) is 20.4. The van der Waals surface area contributed by atoms with Crippen LogP contribution >= 0.6 is 0 Å². The summed E-state index contributed by atoms with van der Waals surface area (Å²) in [5, 5.41) is 42.3. The number of hydrogen-bond donors (Lipinski definition) is 2. The van der Waals surface area contributed by atoms with Crippen LogP contribution in [0.15, 0.2) is 54.6 Å². The number of ether oxygens (including phenoxy) is 2. The molecule has 10 nitrogen and oxygen atoms in total. The summed E-state index contributed by atoms with van der Waals surface area (Å²) in [6.07, 6.45) is 6.89. The minimum Gasteiger partial charge on any atom is -0.502 e. The van der Waals surface area contributed by atoms with Crippen molar-refractivity contribution in [3.63, 3.8) is 0 Å². The summed E-state index contributed by atoms with van der Waals surface area (Å²) in [6.45, 7) is 0. The lowest BCUT2D eigenvalue weighted by Gasteiger charge is -2.57. The second-order valence-electron chi connectivity index (χ2n) is 10.9. The van der Waals surface area contributed by atoms with E-state index in [1.165, 1.54) is 55.7 Å². The first kappa shape index (κ1) is 24.0. The van der Waals surface area contributed by atoms with E-state index in [0.717, 1.165) is 24.8 Å². The minimum absolute atomic E-state index is 0.0934. The van der Waals surface area contributed by atoms with Gasteiger partial charge in [-0.15, -0.1) is 0 Å². The van der Waals surface area contributed by atoms with Crippen molar-refractivity contribution in [2.45, 2.75) is 43.9 Å². The highest BCUT2D eigenvalue weighted by Gasteiger charge is 2.52. The maximum Gasteiger partial charge on any atom is 0.310 e. The van der Waals surface area contributed by atoms with E-state index in [2.05, 4.69) is 0 Å². The van der Waals surface area contributed by atoms with E-state index >= 15 is 0 Å². The van der Waals surface area contributed by atoms with Gasteiger partial charge >= 0.3 is 11.4 Å². The molecule has 4 aliphatic carbocycles. The number of phenolic OH excluding ortho intramolecular Hbond substituents is 2. The molecule has 3 aromatic rings. The van der Waals surface area contributed by atoms with Crippen LogP contribution in [0.25, 0.3) is 0 Å². The van der Waals surface area contributed by atoms with Gasteiger partial charge in [-0.3, -0.25) is 20.2 Å². The van der Waals surface area contributed by atoms with Crippen LogP contribution in [0.3, 0.4) is 0 Å². The lowest BCUT2D eigenvalue weighted by Crippen LogP contribution is -2.48. The quantitative estimate of drug-likeness (QED) is 0.252. The second-order valence-corrected chi connectivity index (χ2v) is 10.9. The Morgan fingerprint density at radius 1 is 0.684 bits per heavy atom. The molecule has 0 aromatic heterocycles. The van der Waals surface area contributed by atoms with Crippen LogP contribution in [0.5, 0.6) is 34.5 Å². The van der Waals surface area contributed by atoms with E-state index in [4.69, 9.17) is 9.47 Å².